The molecule has 4 amide bonds. The van der Waals surface area contributed by atoms with Crippen molar-refractivity contribution < 1.29 is 14.4 Å². The van der Waals surface area contributed by atoms with Crippen molar-refractivity contribution in [1.82, 2.24) is 9.88 Å². The smallest absolute Gasteiger partial charge is 0.335 e. The van der Waals surface area contributed by atoms with Crippen molar-refractivity contribution in [3.63, 3.8) is 0 Å². The molecule has 174 valence electrons. The lowest BCUT2D eigenvalue weighted by molar-refractivity contribution is -0.122. The minimum atomic E-state index is -0.747. The number of rotatable bonds is 5. The van der Waals surface area contributed by atoms with E-state index in [-0.39, 0.29) is 5.57 Å². The van der Waals surface area contributed by atoms with Crippen LogP contribution in [0.2, 0.25) is 0 Å². The number of hydrogen-bond donors (Lipinski definition) is 1. The Morgan fingerprint density at radius 2 is 1.53 bits per heavy atom. The van der Waals surface area contributed by atoms with E-state index >= 15 is 0 Å². The molecular formula is C27H28N4O3. The van der Waals surface area contributed by atoms with Gasteiger partial charge >= 0.3 is 6.03 Å². The lowest BCUT2D eigenvalue weighted by Gasteiger charge is -2.26. The third kappa shape index (κ3) is 4.12. The summed E-state index contributed by atoms with van der Waals surface area (Å²) in [6.45, 7) is 5.94. The van der Waals surface area contributed by atoms with Gasteiger partial charge < -0.3 is 9.47 Å². The minimum absolute atomic E-state index is 0.0811. The normalized spacial score (nSPS) is 15.1. The zero-order valence-electron chi connectivity index (χ0n) is 20.0. The van der Waals surface area contributed by atoms with Crippen LogP contribution in [0.1, 0.15) is 29.4 Å². The summed E-state index contributed by atoms with van der Waals surface area (Å²) in [5, 5.41) is 2.29. The second kappa shape index (κ2) is 9.02. The number of nitrogens with one attached hydrogen (secondary N) is 1. The molecule has 0 bridgehead atoms. The van der Waals surface area contributed by atoms with Crippen molar-refractivity contribution in [2.75, 3.05) is 23.9 Å². The largest absolute Gasteiger partial charge is 0.378 e. The number of nitrogens with zero attached hydrogens (tertiary/aromatic N) is 3. The lowest BCUT2D eigenvalue weighted by Crippen LogP contribution is -2.54. The first-order valence-electron chi connectivity index (χ1n) is 11.2. The van der Waals surface area contributed by atoms with Gasteiger partial charge in [-0.3, -0.25) is 14.9 Å². The molecule has 4 rings (SSSR count). The molecule has 0 aliphatic carbocycles. The monoisotopic (exact) mass is 456 g/mol. The van der Waals surface area contributed by atoms with Crippen LogP contribution < -0.4 is 15.1 Å². The number of aromatic nitrogens is 1. The molecular weight excluding hydrogens is 428 g/mol. The molecule has 0 radical (unpaired) electrons. The number of barbiturate groups is 1. The van der Waals surface area contributed by atoms with E-state index in [4.69, 9.17) is 0 Å². The summed E-state index contributed by atoms with van der Waals surface area (Å²) in [5.41, 5.74) is 6.10. The van der Waals surface area contributed by atoms with E-state index in [2.05, 4.69) is 9.88 Å². The van der Waals surface area contributed by atoms with Crippen LogP contribution in [0.15, 0.2) is 60.2 Å². The first kappa shape index (κ1) is 23.0. The number of anilines is 2. The molecule has 34 heavy (non-hydrogen) atoms. The van der Waals surface area contributed by atoms with E-state index in [0.29, 0.717) is 5.69 Å². The van der Waals surface area contributed by atoms with Crippen molar-refractivity contribution >= 4 is 35.3 Å². The molecule has 2 aromatic carbocycles. The Morgan fingerprint density at radius 1 is 0.912 bits per heavy atom. The highest BCUT2D eigenvalue weighted by atomic mass is 16.2. The van der Waals surface area contributed by atoms with Gasteiger partial charge in [0.05, 0.1) is 5.69 Å². The van der Waals surface area contributed by atoms with Crippen molar-refractivity contribution in [1.29, 1.82) is 0 Å². The number of carbonyl (C=O) groups is 3. The molecule has 0 saturated carbocycles. The predicted molar refractivity (Wildman–Crippen MR) is 134 cm³/mol. The highest BCUT2D eigenvalue weighted by Gasteiger charge is 2.37. The molecule has 1 aliphatic heterocycles. The lowest BCUT2D eigenvalue weighted by atomic mass is 10.1. The summed E-state index contributed by atoms with van der Waals surface area (Å²) in [6.07, 6.45) is 2.40. The Kier molecular flexibility index (Phi) is 6.11. The fraction of sp³-hybridized carbons (Fsp3) is 0.222. The summed E-state index contributed by atoms with van der Waals surface area (Å²) in [5.74, 6) is -1.34. The maximum atomic E-state index is 13.2. The van der Waals surface area contributed by atoms with E-state index < -0.39 is 17.8 Å². The zero-order valence-corrected chi connectivity index (χ0v) is 20.0. The van der Waals surface area contributed by atoms with E-state index in [9.17, 15) is 14.4 Å². The summed E-state index contributed by atoms with van der Waals surface area (Å²) < 4.78 is 2.07. The second-order valence-corrected chi connectivity index (χ2v) is 8.55. The van der Waals surface area contributed by atoms with Gasteiger partial charge in [0.1, 0.15) is 5.57 Å². The van der Waals surface area contributed by atoms with Crippen molar-refractivity contribution in [3.05, 3.63) is 82.7 Å². The Balaban J connectivity index is 1.71. The molecule has 1 fully saturated rings. The van der Waals surface area contributed by atoms with Crippen LogP contribution in [0, 0.1) is 13.8 Å². The number of carbonyl (C=O) groups excluding carboxylic acids is 3. The molecule has 1 N–H and O–H groups in total. The quantitative estimate of drug-likeness (QED) is 0.457. The zero-order chi connectivity index (χ0) is 24.6. The maximum Gasteiger partial charge on any atom is 0.335 e. The molecule has 0 spiro atoms. The summed E-state index contributed by atoms with van der Waals surface area (Å²) in [4.78, 5) is 41.4. The van der Waals surface area contributed by atoms with Gasteiger partial charge in [-0.25, -0.2) is 9.69 Å². The van der Waals surface area contributed by atoms with E-state index in [1.54, 1.807) is 18.2 Å². The molecule has 1 aromatic heterocycles. The van der Waals surface area contributed by atoms with Crippen LogP contribution in [-0.4, -0.2) is 36.5 Å². The predicted octanol–water partition coefficient (Wildman–Crippen LogP) is 4.39. The van der Waals surface area contributed by atoms with Gasteiger partial charge in [0.2, 0.25) is 0 Å². The van der Waals surface area contributed by atoms with Crippen molar-refractivity contribution in [2.45, 2.75) is 27.2 Å². The summed E-state index contributed by atoms with van der Waals surface area (Å²) in [7, 11) is 3.98. The Labute approximate surface area is 199 Å². The number of benzene rings is 2. The van der Waals surface area contributed by atoms with Crippen LogP contribution >= 0.6 is 0 Å². The van der Waals surface area contributed by atoms with Crippen molar-refractivity contribution in [2.24, 2.45) is 0 Å². The van der Waals surface area contributed by atoms with Gasteiger partial charge in [-0.15, -0.1) is 0 Å². The van der Waals surface area contributed by atoms with Gasteiger partial charge in [0.15, 0.2) is 0 Å². The Hall–Kier alpha value is -4.13. The average Bonchev–Trinajstić information content (AvgIpc) is 3.09. The Bertz CT molecular complexity index is 1300. The number of hydrogen-bond acceptors (Lipinski definition) is 4. The fourth-order valence-electron chi connectivity index (χ4n) is 4.16. The van der Waals surface area contributed by atoms with Crippen LogP contribution in [0.4, 0.5) is 16.2 Å². The highest BCUT2D eigenvalue weighted by molar-refractivity contribution is 6.39. The average molecular weight is 457 g/mol. The highest BCUT2D eigenvalue weighted by Crippen LogP contribution is 2.27. The number of urea groups is 1. The van der Waals surface area contributed by atoms with Gasteiger partial charge in [-0.1, -0.05) is 19.1 Å². The van der Waals surface area contributed by atoms with E-state index in [1.165, 1.54) is 0 Å². The molecule has 2 heterocycles. The van der Waals surface area contributed by atoms with Crippen molar-refractivity contribution in [3.8, 4) is 5.69 Å². The summed E-state index contributed by atoms with van der Waals surface area (Å²) in [6, 6.07) is 16.5. The number of aryl methyl sites for hydroxylation is 2. The molecule has 1 aliphatic rings. The number of amides is 4. The second-order valence-electron chi connectivity index (χ2n) is 8.55. The first-order chi connectivity index (χ1) is 16.2. The van der Waals surface area contributed by atoms with Crippen LogP contribution in [0.3, 0.4) is 0 Å². The summed E-state index contributed by atoms with van der Waals surface area (Å²) >= 11 is 0. The Morgan fingerprint density at radius 3 is 2.12 bits per heavy atom. The topological polar surface area (TPSA) is 74.7 Å². The van der Waals surface area contributed by atoms with Gasteiger partial charge in [0.25, 0.3) is 11.8 Å². The van der Waals surface area contributed by atoms with Gasteiger partial charge in [-0.2, -0.15) is 0 Å². The van der Waals surface area contributed by atoms with Crippen LogP contribution in [-0.2, 0) is 16.0 Å². The maximum absolute atomic E-state index is 13.2. The first-order valence-corrected chi connectivity index (χ1v) is 11.2. The molecule has 7 heteroatoms. The minimum Gasteiger partial charge on any atom is -0.378 e. The van der Waals surface area contributed by atoms with E-state index in [0.717, 1.165) is 45.2 Å². The third-order valence-corrected chi connectivity index (χ3v) is 6.10. The SMILES string of the molecule is CCc1ccc(N2C(=O)NC(=O)/C(=C/c3cc(C)n(-c4ccc(N(C)C)cc4)c3C)C2=O)cc1. The standard InChI is InChI=1S/C27H28N4O3/c1-6-19-7-9-23(10-8-19)31-26(33)24(25(32)28-27(31)34)16-20-15-17(2)30(18(20)3)22-13-11-21(12-14-22)29(4)5/h7-16H,6H2,1-5H3,(H,28,32,34)/b24-16-. The fourth-order valence-corrected chi connectivity index (χ4v) is 4.16. The molecule has 7 nitrogen and oxygen atoms in total. The van der Waals surface area contributed by atoms with Gasteiger partial charge in [0, 0.05) is 36.9 Å². The molecule has 3 aromatic rings. The van der Waals surface area contributed by atoms with Crippen LogP contribution in [0.25, 0.3) is 11.8 Å². The molecule has 0 atom stereocenters. The molecule has 0 unspecified atom stereocenters. The number of imide groups is 2. The van der Waals surface area contributed by atoms with Gasteiger partial charge in [-0.05, 0) is 79.9 Å². The van der Waals surface area contributed by atoms with Crippen LogP contribution in [0.5, 0.6) is 0 Å². The molecule has 1 saturated heterocycles. The van der Waals surface area contributed by atoms with E-state index in [1.807, 2.05) is 82.2 Å². The third-order valence-electron chi connectivity index (χ3n) is 6.10.